The fourth-order valence-electron chi connectivity index (χ4n) is 2.14. The summed E-state index contributed by atoms with van der Waals surface area (Å²) in [5.41, 5.74) is 6.96. The van der Waals surface area contributed by atoms with E-state index in [1.807, 2.05) is 24.3 Å². The Labute approximate surface area is 139 Å². The zero-order valence-corrected chi connectivity index (χ0v) is 14.2. The molecule has 0 heterocycles. The molecule has 0 saturated heterocycles. The van der Waals surface area contributed by atoms with Gasteiger partial charge in [0, 0.05) is 12.6 Å². The summed E-state index contributed by atoms with van der Waals surface area (Å²) >= 11 is 0. The van der Waals surface area contributed by atoms with Gasteiger partial charge in [0.1, 0.15) is 5.75 Å². The van der Waals surface area contributed by atoms with Gasteiger partial charge >= 0.3 is 0 Å². The van der Waals surface area contributed by atoms with E-state index in [0.717, 1.165) is 11.3 Å². The molecule has 1 aromatic carbocycles. The van der Waals surface area contributed by atoms with Crippen molar-refractivity contribution < 1.29 is 9.53 Å². The Morgan fingerprint density at radius 2 is 1.95 bits per heavy atom. The van der Waals surface area contributed by atoms with Crippen molar-refractivity contribution in [3.8, 4) is 5.75 Å². The number of benzene rings is 1. The third kappa shape index (κ3) is 6.67. The van der Waals surface area contributed by atoms with E-state index in [1.54, 1.807) is 0 Å². The first-order valence-corrected chi connectivity index (χ1v) is 7.78. The molecule has 1 aliphatic carbocycles. The molecule has 22 heavy (non-hydrogen) atoms. The summed E-state index contributed by atoms with van der Waals surface area (Å²) in [7, 11) is 0. The molecule has 0 radical (unpaired) electrons. The van der Waals surface area contributed by atoms with E-state index in [0.29, 0.717) is 31.4 Å². The lowest BCUT2D eigenvalue weighted by Gasteiger charge is -2.12. The number of hydrogen-bond donors (Lipinski definition) is 2. The SMILES string of the molecule is CC(C)COc1ccc(CC(=O)NCC(N)C2CC2)cc1.Cl. The molecule has 0 bridgehead atoms. The summed E-state index contributed by atoms with van der Waals surface area (Å²) < 4.78 is 5.62. The van der Waals surface area contributed by atoms with Crippen LogP contribution in [-0.2, 0) is 11.2 Å². The summed E-state index contributed by atoms with van der Waals surface area (Å²) in [6, 6.07) is 7.83. The van der Waals surface area contributed by atoms with Crippen LogP contribution < -0.4 is 15.8 Å². The number of halogens is 1. The number of nitrogens with one attached hydrogen (secondary N) is 1. The summed E-state index contributed by atoms with van der Waals surface area (Å²) in [6.07, 6.45) is 2.80. The number of nitrogens with two attached hydrogens (primary N) is 1. The van der Waals surface area contributed by atoms with Gasteiger partial charge in [0.15, 0.2) is 0 Å². The van der Waals surface area contributed by atoms with Crippen molar-refractivity contribution in [2.75, 3.05) is 13.2 Å². The highest BCUT2D eigenvalue weighted by Gasteiger charge is 2.28. The van der Waals surface area contributed by atoms with Crippen molar-refractivity contribution in [2.24, 2.45) is 17.6 Å². The highest BCUT2D eigenvalue weighted by molar-refractivity contribution is 5.85. The Hall–Kier alpha value is -1.26. The highest BCUT2D eigenvalue weighted by atomic mass is 35.5. The van der Waals surface area contributed by atoms with Gasteiger partial charge in [-0.3, -0.25) is 4.79 Å². The third-order valence-corrected chi connectivity index (χ3v) is 3.63. The maximum Gasteiger partial charge on any atom is 0.224 e. The number of amides is 1. The fourth-order valence-corrected chi connectivity index (χ4v) is 2.14. The minimum Gasteiger partial charge on any atom is -0.493 e. The van der Waals surface area contributed by atoms with Crippen molar-refractivity contribution in [3.63, 3.8) is 0 Å². The van der Waals surface area contributed by atoms with E-state index in [-0.39, 0.29) is 24.4 Å². The number of rotatable bonds is 8. The summed E-state index contributed by atoms with van der Waals surface area (Å²) in [5.74, 6) is 2.00. The van der Waals surface area contributed by atoms with Gasteiger partial charge in [-0.05, 0) is 42.4 Å². The number of ether oxygens (including phenoxy) is 1. The molecule has 0 spiro atoms. The van der Waals surface area contributed by atoms with E-state index in [9.17, 15) is 4.79 Å². The van der Waals surface area contributed by atoms with Crippen LogP contribution in [0.2, 0.25) is 0 Å². The van der Waals surface area contributed by atoms with Gasteiger partial charge in [0.25, 0.3) is 0 Å². The Bertz CT molecular complexity index is 458. The van der Waals surface area contributed by atoms with Crippen LogP contribution in [-0.4, -0.2) is 25.1 Å². The quantitative estimate of drug-likeness (QED) is 0.771. The molecule has 2 rings (SSSR count). The van der Waals surface area contributed by atoms with Crippen molar-refractivity contribution in [2.45, 2.75) is 39.2 Å². The zero-order valence-electron chi connectivity index (χ0n) is 13.4. The van der Waals surface area contributed by atoms with Crippen LogP contribution in [0.1, 0.15) is 32.3 Å². The van der Waals surface area contributed by atoms with Gasteiger partial charge in [0.05, 0.1) is 13.0 Å². The maximum atomic E-state index is 11.9. The van der Waals surface area contributed by atoms with Crippen LogP contribution in [0, 0.1) is 11.8 Å². The van der Waals surface area contributed by atoms with E-state index in [2.05, 4.69) is 19.2 Å². The van der Waals surface area contributed by atoms with Gasteiger partial charge in [-0.15, -0.1) is 12.4 Å². The van der Waals surface area contributed by atoms with Crippen LogP contribution in [0.25, 0.3) is 0 Å². The van der Waals surface area contributed by atoms with Crippen molar-refractivity contribution in [1.29, 1.82) is 0 Å². The minimum atomic E-state index is 0. The average Bonchev–Trinajstić information content (AvgIpc) is 3.28. The number of hydrogen-bond acceptors (Lipinski definition) is 3. The monoisotopic (exact) mass is 326 g/mol. The lowest BCUT2D eigenvalue weighted by molar-refractivity contribution is -0.120. The van der Waals surface area contributed by atoms with Gasteiger partial charge in [-0.2, -0.15) is 0 Å². The molecule has 1 atom stereocenters. The molecule has 1 amide bonds. The molecule has 3 N–H and O–H groups in total. The minimum absolute atomic E-state index is 0. The molecule has 0 aliphatic heterocycles. The smallest absolute Gasteiger partial charge is 0.224 e. The molecule has 1 saturated carbocycles. The molecule has 1 unspecified atom stereocenters. The molecule has 1 aromatic rings. The van der Waals surface area contributed by atoms with E-state index >= 15 is 0 Å². The molecule has 4 nitrogen and oxygen atoms in total. The molecular formula is C17H27ClN2O2. The van der Waals surface area contributed by atoms with Crippen LogP contribution >= 0.6 is 12.4 Å². The van der Waals surface area contributed by atoms with Crippen molar-refractivity contribution in [1.82, 2.24) is 5.32 Å². The molecule has 0 aromatic heterocycles. The second-order valence-corrected chi connectivity index (χ2v) is 6.33. The van der Waals surface area contributed by atoms with Crippen LogP contribution in [0.15, 0.2) is 24.3 Å². The largest absolute Gasteiger partial charge is 0.493 e. The predicted octanol–water partition coefficient (Wildman–Crippen LogP) is 2.54. The lowest BCUT2D eigenvalue weighted by Crippen LogP contribution is -2.39. The summed E-state index contributed by atoms with van der Waals surface area (Å²) in [5, 5.41) is 2.91. The fraction of sp³-hybridized carbons (Fsp3) is 0.588. The molecular weight excluding hydrogens is 300 g/mol. The number of carbonyl (C=O) groups excluding carboxylic acids is 1. The maximum absolute atomic E-state index is 11.9. The Kier molecular flexibility index (Phi) is 7.69. The number of carbonyl (C=O) groups is 1. The summed E-state index contributed by atoms with van der Waals surface area (Å²) in [6.45, 7) is 5.52. The molecule has 5 heteroatoms. The summed E-state index contributed by atoms with van der Waals surface area (Å²) in [4.78, 5) is 11.9. The first-order chi connectivity index (χ1) is 10.0. The van der Waals surface area contributed by atoms with E-state index in [1.165, 1.54) is 12.8 Å². The second kappa shape index (κ2) is 9.01. The topological polar surface area (TPSA) is 64.3 Å². The molecule has 1 fully saturated rings. The Morgan fingerprint density at radius 3 is 2.50 bits per heavy atom. The van der Waals surface area contributed by atoms with Gasteiger partial charge in [-0.1, -0.05) is 26.0 Å². The highest BCUT2D eigenvalue weighted by Crippen LogP contribution is 2.31. The molecule has 1 aliphatic rings. The van der Waals surface area contributed by atoms with Crippen LogP contribution in [0.4, 0.5) is 0 Å². The Morgan fingerprint density at radius 1 is 1.32 bits per heavy atom. The normalized spacial score (nSPS) is 15.1. The van der Waals surface area contributed by atoms with E-state index in [4.69, 9.17) is 10.5 Å². The average molecular weight is 327 g/mol. The zero-order chi connectivity index (χ0) is 15.2. The third-order valence-electron chi connectivity index (χ3n) is 3.63. The molecule has 124 valence electrons. The predicted molar refractivity (Wildman–Crippen MR) is 91.4 cm³/mol. The van der Waals surface area contributed by atoms with Gasteiger partial charge < -0.3 is 15.8 Å². The van der Waals surface area contributed by atoms with Crippen LogP contribution in [0.3, 0.4) is 0 Å². The van der Waals surface area contributed by atoms with Gasteiger partial charge in [0.2, 0.25) is 5.91 Å². The van der Waals surface area contributed by atoms with Gasteiger partial charge in [-0.25, -0.2) is 0 Å². The van der Waals surface area contributed by atoms with Crippen LogP contribution in [0.5, 0.6) is 5.75 Å². The van der Waals surface area contributed by atoms with Crippen molar-refractivity contribution >= 4 is 18.3 Å². The first-order valence-electron chi connectivity index (χ1n) is 7.78. The lowest BCUT2D eigenvalue weighted by atomic mass is 10.1. The Balaban J connectivity index is 0.00000242. The van der Waals surface area contributed by atoms with Crippen molar-refractivity contribution in [3.05, 3.63) is 29.8 Å². The first kappa shape index (κ1) is 18.8. The van der Waals surface area contributed by atoms with E-state index < -0.39 is 0 Å². The standard InChI is InChI=1S/C17H26N2O2.ClH/c1-12(2)11-21-15-7-3-13(4-8-15)9-17(20)19-10-16(18)14-5-6-14;/h3-4,7-8,12,14,16H,5-6,9-11,18H2,1-2H3,(H,19,20);1H. The second-order valence-electron chi connectivity index (χ2n) is 6.33.